The molecule has 0 bridgehead atoms. The maximum Gasteiger partial charge on any atom is 0.551 e. The lowest BCUT2D eigenvalue weighted by Crippen LogP contribution is -2.30. The van der Waals surface area contributed by atoms with Gasteiger partial charge in [-0.25, -0.2) is 0 Å². The van der Waals surface area contributed by atoms with E-state index in [1.807, 2.05) is 0 Å². The van der Waals surface area contributed by atoms with Gasteiger partial charge < -0.3 is 13.3 Å². The fourth-order valence-electron chi connectivity index (χ4n) is 0.899. The summed E-state index contributed by atoms with van der Waals surface area (Å²) in [5, 5.41) is 0. The zero-order valence-electron chi connectivity index (χ0n) is 9.95. The van der Waals surface area contributed by atoms with Crippen LogP contribution in [0.1, 0.15) is 46.5 Å². The van der Waals surface area contributed by atoms with Crippen LogP contribution in [0.5, 0.6) is 0 Å². The van der Waals surface area contributed by atoms with Gasteiger partial charge in [0, 0.05) is 20.1 Å². The lowest BCUT2D eigenvalue weighted by atomic mass is 10.4. The van der Waals surface area contributed by atoms with E-state index in [0.29, 0.717) is 13.2 Å². The van der Waals surface area contributed by atoms with Crippen LogP contribution in [0.15, 0.2) is 0 Å². The average Bonchev–Trinajstić information content (AvgIpc) is 2.17. The Bertz CT molecular complexity index is 154. The van der Waals surface area contributed by atoms with Crippen molar-refractivity contribution in [2.45, 2.75) is 46.5 Å². The number of carbonyl (C=O) groups excluding carboxylic acids is 1. The van der Waals surface area contributed by atoms with Gasteiger partial charge in [-0.3, -0.25) is 4.79 Å². The van der Waals surface area contributed by atoms with E-state index < -0.39 is 9.53 Å². The molecule has 5 heteroatoms. The molecule has 0 aromatic heterocycles. The molecule has 0 fully saturated rings. The molecule has 0 atom stereocenters. The second-order valence-electron chi connectivity index (χ2n) is 3.35. The fraction of sp³-hybridized carbons (Fsp3) is 0.900. The van der Waals surface area contributed by atoms with Gasteiger partial charge >= 0.3 is 9.53 Å². The van der Waals surface area contributed by atoms with Crippen molar-refractivity contribution in [3.8, 4) is 0 Å². The molecule has 0 saturated carbocycles. The Balaban J connectivity index is 3.68. The summed E-state index contributed by atoms with van der Waals surface area (Å²) in [5.74, 6) is -0.320. The van der Waals surface area contributed by atoms with Crippen molar-refractivity contribution >= 4 is 15.5 Å². The van der Waals surface area contributed by atoms with Crippen molar-refractivity contribution in [3.63, 3.8) is 0 Å². The number of rotatable bonds is 9. The van der Waals surface area contributed by atoms with E-state index in [9.17, 15) is 4.79 Å². The van der Waals surface area contributed by atoms with Crippen LogP contribution in [0, 0.1) is 0 Å². The number of carbonyl (C=O) groups is 1. The topological polar surface area (TPSA) is 44.8 Å². The molecule has 0 aromatic carbocycles. The smallest absolute Gasteiger partial charge is 0.476 e. The molecular weight excluding hydrogens is 212 g/mol. The highest BCUT2D eigenvalue weighted by molar-refractivity contribution is 6.39. The van der Waals surface area contributed by atoms with Gasteiger partial charge in [0.2, 0.25) is 0 Å². The van der Waals surface area contributed by atoms with Crippen LogP contribution >= 0.6 is 0 Å². The summed E-state index contributed by atoms with van der Waals surface area (Å²) in [5.41, 5.74) is 0. The molecule has 0 aliphatic heterocycles. The molecule has 0 saturated heterocycles. The van der Waals surface area contributed by atoms with E-state index in [4.69, 9.17) is 13.3 Å². The summed E-state index contributed by atoms with van der Waals surface area (Å²) in [6.07, 6.45) is 4.08. The summed E-state index contributed by atoms with van der Waals surface area (Å²) < 4.78 is 15.8. The monoisotopic (exact) mass is 234 g/mol. The van der Waals surface area contributed by atoms with Crippen LogP contribution < -0.4 is 0 Å². The maximum absolute atomic E-state index is 10.8. The molecule has 0 radical (unpaired) electrons. The molecule has 0 amide bonds. The van der Waals surface area contributed by atoms with E-state index in [1.54, 1.807) is 0 Å². The van der Waals surface area contributed by atoms with Gasteiger partial charge in [0.15, 0.2) is 0 Å². The van der Waals surface area contributed by atoms with E-state index in [0.717, 1.165) is 25.7 Å². The predicted molar refractivity (Wildman–Crippen MR) is 60.6 cm³/mol. The highest BCUT2D eigenvalue weighted by atomic mass is 28.3. The van der Waals surface area contributed by atoms with Crippen LogP contribution in [0.25, 0.3) is 0 Å². The third-order valence-electron chi connectivity index (χ3n) is 1.77. The van der Waals surface area contributed by atoms with Gasteiger partial charge in [0.25, 0.3) is 5.97 Å². The van der Waals surface area contributed by atoms with Crippen molar-refractivity contribution in [3.05, 3.63) is 0 Å². The Labute approximate surface area is 93.9 Å². The van der Waals surface area contributed by atoms with Crippen molar-refractivity contribution in [1.82, 2.24) is 0 Å². The predicted octanol–water partition coefficient (Wildman–Crippen LogP) is 1.90. The third-order valence-corrected chi connectivity index (χ3v) is 3.31. The van der Waals surface area contributed by atoms with E-state index in [-0.39, 0.29) is 5.97 Å². The van der Waals surface area contributed by atoms with Crippen LogP contribution in [0.4, 0.5) is 0 Å². The normalized spacial score (nSPS) is 10.7. The molecule has 0 heterocycles. The Morgan fingerprint density at radius 1 is 1.07 bits per heavy atom. The Hall–Kier alpha value is -0.393. The zero-order chi connectivity index (χ0) is 11.5. The Morgan fingerprint density at radius 3 is 1.87 bits per heavy atom. The van der Waals surface area contributed by atoms with Crippen LogP contribution in [-0.4, -0.2) is 28.7 Å². The summed E-state index contributed by atoms with van der Waals surface area (Å²) >= 11 is 0. The minimum atomic E-state index is -2.20. The molecule has 0 N–H and O–H groups in total. The number of hydrogen-bond acceptors (Lipinski definition) is 4. The van der Waals surface area contributed by atoms with Crippen molar-refractivity contribution in [2.75, 3.05) is 13.2 Å². The molecule has 90 valence electrons. The van der Waals surface area contributed by atoms with Gasteiger partial charge in [0.1, 0.15) is 0 Å². The van der Waals surface area contributed by atoms with E-state index >= 15 is 0 Å². The molecule has 0 aliphatic carbocycles. The first-order valence-corrected chi connectivity index (χ1v) is 7.02. The quantitative estimate of drug-likeness (QED) is 0.451. The molecular formula is C10H22O4Si. The van der Waals surface area contributed by atoms with Gasteiger partial charge in [-0.2, -0.15) is 0 Å². The zero-order valence-corrected chi connectivity index (χ0v) is 11.1. The lowest BCUT2D eigenvalue weighted by molar-refractivity contribution is -0.135. The number of unbranched alkanes of at least 4 members (excludes halogenated alkanes) is 2. The van der Waals surface area contributed by atoms with Gasteiger partial charge in [-0.05, 0) is 12.8 Å². The number of hydrogen-bond donors (Lipinski definition) is 0. The van der Waals surface area contributed by atoms with Crippen molar-refractivity contribution in [2.24, 2.45) is 0 Å². The van der Waals surface area contributed by atoms with Gasteiger partial charge in [0.05, 0.1) is 0 Å². The first-order valence-electron chi connectivity index (χ1n) is 5.61. The second kappa shape index (κ2) is 10.1. The molecule has 0 rings (SSSR count). The molecule has 0 aromatic rings. The summed E-state index contributed by atoms with van der Waals surface area (Å²) in [4.78, 5) is 10.8. The SMILES string of the molecule is CCCCO[SiH](OCCCC)OC(C)=O. The maximum atomic E-state index is 10.8. The van der Waals surface area contributed by atoms with Crippen LogP contribution in [-0.2, 0) is 18.1 Å². The molecule has 4 nitrogen and oxygen atoms in total. The Kier molecular flexibility index (Phi) is 9.87. The minimum Gasteiger partial charge on any atom is -0.476 e. The van der Waals surface area contributed by atoms with Crippen molar-refractivity contribution in [1.29, 1.82) is 0 Å². The molecule has 0 unspecified atom stereocenters. The summed E-state index contributed by atoms with van der Waals surface area (Å²) in [6, 6.07) is 0. The van der Waals surface area contributed by atoms with Crippen LogP contribution in [0.3, 0.4) is 0 Å². The highest BCUT2D eigenvalue weighted by Crippen LogP contribution is 1.99. The van der Waals surface area contributed by atoms with Gasteiger partial charge in [-0.15, -0.1) is 0 Å². The average molecular weight is 234 g/mol. The molecule has 15 heavy (non-hydrogen) atoms. The largest absolute Gasteiger partial charge is 0.551 e. The standard InChI is InChI=1S/C10H22O4Si/c1-4-6-8-12-15(14-10(3)11)13-9-7-5-2/h15H,4-9H2,1-3H3. The molecule has 0 aliphatic rings. The fourth-order valence-corrected chi connectivity index (χ4v) is 2.12. The first kappa shape index (κ1) is 14.6. The Morgan fingerprint density at radius 2 is 1.53 bits per heavy atom. The highest BCUT2D eigenvalue weighted by Gasteiger charge is 2.18. The summed E-state index contributed by atoms with van der Waals surface area (Å²) in [7, 11) is -2.20. The van der Waals surface area contributed by atoms with Crippen molar-refractivity contribution < 1.29 is 18.1 Å². The first-order chi connectivity index (χ1) is 7.20. The van der Waals surface area contributed by atoms with Crippen LogP contribution in [0.2, 0.25) is 0 Å². The van der Waals surface area contributed by atoms with E-state index in [1.165, 1.54) is 6.92 Å². The second-order valence-corrected chi connectivity index (χ2v) is 4.83. The van der Waals surface area contributed by atoms with E-state index in [2.05, 4.69) is 13.8 Å². The lowest BCUT2D eigenvalue weighted by Gasteiger charge is -2.15. The molecule has 0 spiro atoms. The summed E-state index contributed by atoms with van der Waals surface area (Å²) in [6.45, 7) is 6.79. The third kappa shape index (κ3) is 9.90. The van der Waals surface area contributed by atoms with Gasteiger partial charge in [-0.1, -0.05) is 26.7 Å². The minimum absolute atomic E-state index is 0.320.